The van der Waals surface area contributed by atoms with Gasteiger partial charge in [0, 0.05) is 35.5 Å². The summed E-state index contributed by atoms with van der Waals surface area (Å²) in [7, 11) is 0. The summed E-state index contributed by atoms with van der Waals surface area (Å²) < 4.78 is 16.7. The number of para-hydroxylation sites is 1. The van der Waals surface area contributed by atoms with Crippen molar-refractivity contribution in [1.29, 1.82) is 0 Å². The number of imidazole rings is 1. The SMILES string of the molecule is O=C(Nc1ccc(-n2ccnc2)c(F)c1)C1CC(=O)N(c2ccccc2Br)C1. The third-order valence-electron chi connectivity index (χ3n) is 4.64. The van der Waals surface area contributed by atoms with Gasteiger partial charge in [0.2, 0.25) is 11.8 Å². The van der Waals surface area contributed by atoms with Crippen LogP contribution < -0.4 is 10.2 Å². The molecule has 2 heterocycles. The van der Waals surface area contributed by atoms with Crippen LogP contribution >= 0.6 is 15.9 Å². The van der Waals surface area contributed by atoms with Crippen molar-refractivity contribution in [2.45, 2.75) is 6.42 Å². The molecular weight excluding hydrogens is 427 g/mol. The van der Waals surface area contributed by atoms with E-state index in [0.29, 0.717) is 11.4 Å². The number of benzene rings is 2. The molecule has 0 aliphatic carbocycles. The Labute approximate surface area is 169 Å². The smallest absolute Gasteiger partial charge is 0.229 e. The molecule has 2 amide bonds. The van der Waals surface area contributed by atoms with Gasteiger partial charge in [-0.25, -0.2) is 9.37 Å². The van der Waals surface area contributed by atoms with Crippen molar-refractivity contribution in [3.8, 4) is 5.69 Å². The first-order valence-electron chi connectivity index (χ1n) is 8.66. The lowest BCUT2D eigenvalue weighted by Gasteiger charge is -2.18. The van der Waals surface area contributed by atoms with Gasteiger partial charge in [-0.15, -0.1) is 0 Å². The van der Waals surface area contributed by atoms with E-state index in [1.54, 1.807) is 34.0 Å². The van der Waals surface area contributed by atoms with Crippen LogP contribution in [0.2, 0.25) is 0 Å². The summed E-state index contributed by atoms with van der Waals surface area (Å²) in [5.74, 6) is -1.41. The Morgan fingerprint density at radius 3 is 2.75 bits per heavy atom. The highest BCUT2D eigenvalue weighted by atomic mass is 79.9. The van der Waals surface area contributed by atoms with E-state index < -0.39 is 11.7 Å². The molecule has 8 heteroatoms. The van der Waals surface area contributed by atoms with E-state index in [-0.39, 0.29) is 24.8 Å². The number of halogens is 2. The van der Waals surface area contributed by atoms with Crippen LogP contribution in [0.4, 0.5) is 15.8 Å². The van der Waals surface area contributed by atoms with Crippen LogP contribution in [0.15, 0.2) is 65.7 Å². The van der Waals surface area contributed by atoms with E-state index in [4.69, 9.17) is 0 Å². The maximum Gasteiger partial charge on any atom is 0.229 e. The lowest BCUT2D eigenvalue weighted by molar-refractivity contribution is -0.122. The van der Waals surface area contributed by atoms with Gasteiger partial charge in [-0.3, -0.25) is 9.59 Å². The Morgan fingerprint density at radius 1 is 1.21 bits per heavy atom. The van der Waals surface area contributed by atoms with E-state index in [1.165, 1.54) is 12.4 Å². The van der Waals surface area contributed by atoms with Crippen LogP contribution in [0.5, 0.6) is 0 Å². The van der Waals surface area contributed by atoms with Gasteiger partial charge in [-0.1, -0.05) is 12.1 Å². The van der Waals surface area contributed by atoms with Gasteiger partial charge < -0.3 is 14.8 Å². The third kappa shape index (κ3) is 3.55. The van der Waals surface area contributed by atoms with Crippen LogP contribution in [-0.2, 0) is 9.59 Å². The highest BCUT2D eigenvalue weighted by molar-refractivity contribution is 9.10. The van der Waals surface area contributed by atoms with E-state index in [0.717, 1.165) is 10.2 Å². The zero-order valence-corrected chi connectivity index (χ0v) is 16.3. The van der Waals surface area contributed by atoms with Crippen molar-refractivity contribution < 1.29 is 14.0 Å². The average molecular weight is 443 g/mol. The number of rotatable bonds is 4. The van der Waals surface area contributed by atoms with Crippen molar-refractivity contribution in [2.75, 3.05) is 16.8 Å². The fraction of sp³-hybridized carbons (Fsp3) is 0.150. The fourth-order valence-corrected chi connectivity index (χ4v) is 3.73. The monoisotopic (exact) mass is 442 g/mol. The van der Waals surface area contributed by atoms with Gasteiger partial charge >= 0.3 is 0 Å². The number of carbonyl (C=O) groups excluding carboxylic acids is 2. The Balaban J connectivity index is 1.47. The molecule has 2 aromatic carbocycles. The van der Waals surface area contributed by atoms with Crippen molar-refractivity contribution in [2.24, 2.45) is 5.92 Å². The summed E-state index contributed by atoms with van der Waals surface area (Å²) >= 11 is 3.43. The second-order valence-corrected chi connectivity index (χ2v) is 7.34. The third-order valence-corrected chi connectivity index (χ3v) is 5.31. The first kappa shape index (κ1) is 18.4. The van der Waals surface area contributed by atoms with Crippen molar-refractivity contribution in [3.63, 3.8) is 0 Å². The molecule has 0 bridgehead atoms. The zero-order valence-electron chi connectivity index (χ0n) is 14.7. The van der Waals surface area contributed by atoms with Crippen LogP contribution in [0.25, 0.3) is 5.69 Å². The normalized spacial score (nSPS) is 16.4. The van der Waals surface area contributed by atoms with Gasteiger partial charge in [0.25, 0.3) is 0 Å². The molecule has 142 valence electrons. The summed E-state index contributed by atoms with van der Waals surface area (Å²) in [5, 5.41) is 2.71. The van der Waals surface area contributed by atoms with E-state index in [1.807, 2.05) is 24.3 Å². The molecular formula is C20H16BrFN4O2. The first-order chi connectivity index (χ1) is 13.5. The predicted octanol–water partition coefficient (Wildman–Crippen LogP) is 3.77. The van der Waals surface area contributed by atoms with Gasteiger partial charge in [-0.2, -0.15) is 0 Å². The summed E-state index contributed by atoms with van der Waals surface area (Å²) in [6, 6.07) is 11.8. The molecule has 1 aliphatic rings. The predicted molar refractivity (Wildman–Crippen MR) is 107 cm³/mol. The quantitative estimate of drug-likeness (QED) is 0.668. The van der Waals surface area contributed by atoms with Crippen molar-refractivity contribution >= 4 is 39.1 Å². The lowest BCUT2D eigenvalue weighted by atomic mass is 10.1. The Hall–Kier alpha value is -3.00. The van der Waals surface area contributed by atoms with E-state index in [2.05, 4.69) is 26.2 Å². The van der Waals surface area contributed by atoms with Gasteiger partial charge in [0.1, 0.15) is 5.82 Å². The maximum absolute atomic E-state index is 14.4. The molecule has 1 aliphatic heterocycles. The summed E-state index contributed by atoms with van der Waals surface area (Å²) in [4.78, 5) is 30.5. The van der Waals surface area contributed by atoms with Crippen LogP contribution in [0.3, 0.4) is 0 Å². The van der Waals surface area contributed by atoms with Crippen molar-refractivity contribution in [1.82, 2.24) is 9.55 Å². The highest BCUT2D eigenvalue weighted by Crippen LogP contribution is 2.31. The number of anilines is 2. The molecule has 1 unspecified atom stereocenters. The molecule has 6 nitrogen and oxygen atoms in total. The second-order valence-electron chi connectivity index (χ2n) is 6.48. The molecule has 1 aromatic heterocycles. The molecule has 0 spiro atoms. The zero-order chi connectivity index (χ0) is 19.7. The van der Waals surface area contributed by atoms with Crippen LogP contribution in [-0.4, -0.2) is 27.9 Å². The molecule has 1 atom stereocenters. The number of amides is 2. The average Bonchev–Trinajstić information content (AvgIpc) is 3.32. The summed E-state index contributed by atoms with van der Waals surface area (Å²) in [6.07, 6.45) is 4.81. The number of hydrogen-bond acceptors (Lipinski definition) is 3. The fourth-order valence-electron chi connectivity index (χ4n) is 3.23. The number of hydrogen-bond donors (Lipinski definition) is 1. The molecule has 3 aromatic rings. The van der Waals surface area contributed by atoms with E-state index in [9.17, 15) is 14.0 Å². The maximum atomic E-state index is 14.4. The number of carbonyl (C=O) groups is 2. The molecule has 1 N–H and O–H groups in total. The van der Waals surface area contributed by atoms with Gasteiger partial charge in [-0.05, 0) is 46.3 Å². The molecule has 0 radical (unpaired) electrons. The van der Waals surface area contributed by atoms with Crippen molar-refractivity contribution in [3.05, 3.63) is 71.5 Å². The molecule has 0 saturated carbocycles. The molecule has 28 heavy (non-hydrogen) atoms. The summed E-state index contributed by atoms with van der Waals surface area (Å²) in [5.41, 5.74) is 1.42. The number of nitrogens with zero attached hydrogens (tertiary/aromatic N) is 3. The second kappa shape index (κ2) is 7.55. The summed E-state index contributed by atoms with van der Waals surface area (Å²) in [6.45, 7) is 0.281. The minimum Gasteiger partial charge on any atom is -0.326 e. The van der Waals surface area contributed by atoms with Gasteiger partial charge in [0.15, 0.2) is 0 Å². The molecule has 4 rings (SSSR count). The van der Waals surface area contributed by atoms with E-state index >= 15 is 0 Å². The highest BCUT2D eigenvalue weighted by Gasteiger charge is 2.35. The number of nitrogens with one attached hydrogen (secondary N) is 1. The minimum absolute atomic E-state index is 0.114. The largest absolute Gasteiger partial charge is 0.326 e. The first-order valence-corrected chi connectivity index (χ1v) is 9.46. The number of aromatic nitrogens is 2. The minimum atomic E-state index is -0.504. The Bertz CT molecular complexity index is 1040. The molecule has 1 fully saturated rings. The van der Waals surface area contributed by atoms with Crippen LogP contribution in [0.1, 0.15) is 6.42 Å². The molecule has 1 saturated heterocycles. The topological polar surface area (TPSA) is 67.2 Å². The Kier molecular flexibility index (Phi) is 4.95. The van der Waals surface area contributed by atoms with Gasteiger partial charge in [0.05, 0.1) is 23.6 Å². The lowest BCUT2D eigenvalue weighted by Crippen LogP contribution is -2.28. The Morgan fingerprint density at radius 2 is 2.04 bits per heavy atom. The standard InChI is InChI=1S/C20H16BrFN4O2/c21-15-3-1-2-4-17(15)26-11-13(9-19(26)27)20(28)24-14-5-6-18(16(22)10-14)25-8-7-23-12-25/h1-8,10,12-13H,9,11H2,(H,24,28). The van der Waals surface area contributed by atoms with Crippen LogP contribution in [0, 0.1) is 11.7 Å².